The lowest BCUT2D eigenvalue weighted by atomic mass is 10.3. The maximum Gasteiger partial charge on any atom is 0.254 e. The Morgan fingerprint density at radius 2 is 2.00 bits per heavy atom. The highest BCUT2D eigenvalue weighted by Gasteiger charge is 2.10. The molecule has 0 aliphatic carbocycles. The topological polar surface area (TPSA) is 85.2 Å². The number of carbonyl (C=O) groups is 2. The number of rotatable bonds is 7. The minimum absolute atomic E-state index is 0.0843. The van der Waals surface area contributed by atoms with Gasteiger partial charge < -0.3 is 15.4 Å². The highest BCUT2D eigenvalue weighted by molar-refractivity contribution is 5.96. The predicted octanol–water partition coefficient (Wildman–Crippen LogP) is 0.365. The van der Waals surface area contributed by atoms with Crippen LogP contribution in [0.1, 0.15) is 10.4 Å². The Hall–Kier alpha value is -2.67. The first-order valence-corrected chi connectivity index (χ1v) is 6.84. The number of amides is 2. The summed E-state index contributed by atoms with van der Waals surface area (Å²) in [4.78, 5) is 23.4. The number of para-hydroxylation sites is 1. The van der Waals surface area contributed by atoms with Crippen molar-refractivity contribution in [1.29, 1.82) is 0 Å². The summed E-state index contributed by atoms with van der Waals surface area (Å²) in [5.41, 5.74) is 1.26. The van der Waals surface area contributed by atoms with Gasteiger partial charge in [-0.25, -0.2) is 4.68 Å². The average molecular weight is 302 g/mol. The molecule has 1 heterocycles. The van der Waals surface area contributed by atoms with E-state index in [-0.39, 0.29) is 18.4 Å². The molecule has 7 heteroatoms. The smallest absolute Gasteiger partial charge is 0.254 e. The van der Waals surface area contributed by atoms with Gasteiger partial charge in [0.15, 0.2) is 0 Å². The predicted molar refractivity (Wildman–Crippen MR) is 80.8 cm³/mol. The molecule has 0 unspecified atom stereocenters. The van der Waals surface area contributed by atoms with Crippen LogP contribution in [-0.4, -0.2) is 48.4 Å². The molecule has 0 spiro atoms. The number of ether oxygens (including phenoxy) is 1. The summed E-state index contributed by atoms with van der Waals surface area (Å²) in [6.07, 6.45) is 3.08. The highest BCUT2D eigenvalue weighted by Crippen LogP contribution is 2.07. The molecule has 0 saturated carbocycles. The van der Waals surface area contributed by atoms with Crippen molar-refractivity contribution < 1.29 is 14.3 Å². The zero-order chi connectivity index (χ0) is 15.8. The summed E-state index contributed by atoms with van der Waals surface area (Å²) in [6, 6.07) is 9.46. The standard InChI is InChI=1S/C15H18N4O3/c1-22-8-7-16-14(20)10-17-15(21)12-9-18-19(11-12)13-5-3-2-4-6-13/h2-6,9,11H,7-8,10H2,1H3,(H,16,20)(H,17,21). The van der Waals surface area contributed by atoms with Crippen LogP contribution in [0.5, 0.6) is 0 Å². The van der Waals surface area contributed by atoms with Gasteiger partial charge in [0.1, 0.15) is 0 Å². The van der Waals surface area contributed by atoms with Gasteiger partial charge in [0, 0.05) is 19.9 Å². The van der Waals surface area contributed by atoms with Gasteiger partial charge in [-0.05, 0) is 12.1 Å². The summed E-state index contributed by atoms with van der Waals surface area (Å²) < 4.78 is 6.42. The molecule has 0 aliphatic heterocycles. The van der Waals surface area contributed by atoms with Crippen molar-refractivity contribution >= 4 is 11.8 Å². The van der Waals surface area contributed by atoms with Crippen molar-refractivity contribution in [2.45, 2.75) is 0 Å². The van der Waals surface area contributed by atoms with Crippen molar-refractivity contribution in [2.75, 3.05) is 26.8 Å². The number of methoxy groups -OCH3 is 1. The van der Waals surface area contributed by atoms with Gasteiger partial charge in [-0.2, -0.15) is 5.10 Å². The number of benzene rings is 1. The average Bonchev–Trinajstić information content (AvgIpc) is 3.04. The fraction of sp³-hybridized carbons (Fsp3) is 0.267. The Balaban J connectivity index is 1.86. The van der Waals surface area contributed by atoms with Gasteiger partial charge in [0.2, 0.25) is 5.91 Å². The molecule has 7 nitrogen and oxygen atoms in total. The van der Waals surface area contributed by atoms with E-state index in [2.05, 4.69) is 15.7 Å². The van der Waals surface area contributed by atoms with Crippen molar-refractivity contribution in [1.82, 2.24) is 20.4 Å². The fourth-order valence-electron chi connectivity index (χ4n) is 1.78. The van der Waals surface area contributed by atoms with Crippen molar-refractivity contribution in [3.8, 4) is 5.69 Å². The molecule has 0 saturated heterocycles. The molecule has 2 rings (SSSR count). The molecule has 0 fully saturated rings. The van der Waals surface area contributed by atoms with E-state index in [0.29, 0.717) is 18.7 Å². The van der Waals surface area contributed by atoms with Gasteiger partial charge in [-0.1, -0.05) is 18.2 Å². The second-order valence-corrected chi connectivity index (χ2v) is 4.53. The largest absolute Gasteiger partial charge is 0.383 e. The van der Waals surface area contributed by atoms with E-state index in [9.17, 15) is 9.59 Å². The van der Waals surface area contributed by atoms with E-state index >= 15 is 0 Å². The van der Waals surface area contributed by atoms with E-state index in [1.807, 2.05) is 30.3 Å². The Kier molecular flexibility index (Phi) is 5.67. The van der Waals surface area contributed by atoms with Crippen LogP contribution in [0, 0.1) is 0 Å². The molecule has 2 N–H and O–H groups in total. The molecule has 1 aromatic heterocycles. The fourth-order valence-corrected chi connectivity index (χ4v) is 1.78. The van der Waals surface area contributed by atoms with E-state index in [1.165, 1.54) is 6.20 Å². The van der Waals surface area contributed by atoms with Crippen LogP contribution in [-0.2, 0) is 9.53 Å². The normalized spacial score (nSPS) is 10.2. The second-order valence-electron chi connectivity index (χ2n) is 4.53. The Morgan fingerprint density at radius 3 is 2.73 bits per heavy atom. The summed E-state index contributed by atoms with van der Waals surface area (Å²) >= 11 is 0. The minimum atomic E-state index is -0.343. The molecule has 0 aliphatic rings. The molecule has 2 amide bonds. The van der Waals surface area contributed by atoms with Gasteiger partial charge in [0.05, 0.1) is 30.6 Å². The van der Waals surface area contributed by atoms with Crippen LogP contribution in [0.4, 0.5) is 0 Å². The zero-order valence-corrected chi connectivity index (χ0v) is 12.3. The molecule has 116 valence electrons. The molecule has 0 bridgehead atoms. The molecule has 2 aromatic rings. The SMILES string of the molecule is COCCNC(=O)CNC(=O)c1cnn(-c2ccccc2)c1. The summed E-state index contributed by atoms with van der Waals surface area (Å²) in [7, 11) is 1.55. The summed E-state index contributed by atoms with van der Waals surface area (Å²) in [5.74, 6) is -0.607. The molecular formula is C15H18N4O3. The molecule has 22 heavy (non-hydrogen) atoms. The lowest BCUT2D eigenvalue weighted by molar-refractivity contribution is -0.120. The van der Waals surface area contributed by atoms with E-state index < -0.39 is 0 Å². The first-order valence-electron chi connectivity index (χ1n) is 6.84. The molecule has 0 atom stereocenters. The van der Waals surface area contributed by atoms with Crippen molar-refractivity contribution in [3.05, 3.63) is 48.3 Å². The van der Waals surface area contributed by atoms with E-state index in [0.717, 1.165) is 5.69 Å². The first-order chi connectivity index (χ1) is 10.7. The number of aromatic nitrogens is 2. The van der Waals surface area contributed by atoms with Gasteiger partial charge in [0.25, 0.3) is 5.91 Å². The number of nitrogens with one attached hydrogen (secondary N) is 2. The van der Waals surface area contributed by atoms with Crippen LogP contribution in [0.25, 0.3) is 5.69 Å². The van der Waals surface area contributed by atoms with Crippen LogP contribution >= 0.6 is 0 Å². The number of carbonyl (C=O) groups excluding carboxylic acids is 2. The minimum Gasteiger partial charge on any atom is -0.383 e. The maximum atomic E-state index is 12.0. The molecule has 1 aromatic carbocycles. The lowest BCUT2D eigenvalue weighted by Gasteiger charge is -2.05. The first kappa shape index (κ1) is 15.7. The molecule has 0 radical (unpaired) electrons. The summed E-state index contributed by atoms with van der Waals surface area (Å²) in [6.45, 7) is 0.764. The van der Waals surface area contributed by atoms with Gasteiger partial charge >= 0.3 is 0 Å². The third kappa shape index (κ3) is 4.42. The third-order valence-electron chi connectivity index (χ3n) is 2.90. The number of nitrogens with zero attached hydrogens (tertiary/aromatic N) is 2. The molecular weight excluding hydrogens is 284 g/mol. The van der Waals surface area contributed by atoms with Crippen LogP contribution in [0.2, 0.25) is 0 Å². The quantitative estimate of drug-likeness (QED) is 0.723. The van der Waals surface area contributed by atoms with Gasteiger partial charge in [-0.15, -0.1) is 0 Å². The Labute approximate surface area is 128 Å². The van der Waals surface area contributed by atoms with E-state index in [1.54, 1.807) is 18.0 Å². The second kappa shape index (κ2) is 7.94. The van der Waals surface area contributed by atoms with Gasteiger partial charge in [-0.3, -0.25) is 9.59 Å². The van der Waals surface area contributed by atoms with Crippen LogP contribution in [0.3, 0.4) is 0 Å². The highest BCUT2D eigenvalue weighted by atomic mass is 16.5. The Morgan fingerprint density at radius 1 is 1.23 bits per heavy atom. The monoisotopic (exact) mass is 302 g/mol. The third-order valence-corrected chi connectivity index (χ3v) is 2.90. The van der Waals surface area contributed by atoms with Crippen molar-refractivity contribution in [3.63, 3.8) is 0 Å². The van der Waals surface area contributed by atoms with E-state index in [4.69, 9.17) is 4.74 Å². The van der Waals surface area contributed by atoms with Crippen molar-refractivity contribution in [2.24, 2.45) is 0 Å². The summed E-state index contributed by atoms with van der Waals surface area (Å²) in [5, 5.41) is 9.30. The maximum absolute atomic E-state index is 12.0. The zero-order valence-electron chi connectivity index (χ0n) is 12.3. The number of hydrogen-bond donors (Lipinski definition) is 2. The number of hydrogen-bond acceptors (Lipinski definition) is 4. The lowest BCUT2D eigenvalue weighted by Crippen LogP contribution is -2.38. The van der Waals surface area contributed by atoms with Crippen LogP contribution in [0.15, 0.2) is 42.7 Å². The van der Waals surface area contributed by atoms with Crippen LogP contribution < -0.4 is 10.6 Å². The Bertz CT molecular complexity index is 625.